The Morgan fingerprint density at radius 1 is 1.60 bits per heavy atom. The van der Waals surface area contributed by atoms with Crippen molar-refractivity contribution in [3.05, 3.63) is 28.8 Å². The van der Waals surface area contributed by atoms with Gasteiger partial charge >= 0.3 is 5.97 Å². The number of carboxylic acids is 1. The summed E-state index contributed by atoms with van der Waals surface area (Å²) in [5.41, 5.74) is 3.09. The van der Waals surface area contributed by atoms with Crippen LogP contribution < -0.4 is 5.73 Å². The SMILES string of the molecule is NCc1c(C(F)F)cc(C(=O)O)nc1F. The van der Waals surface area contributed by atoms with Gasteiger partial charge in [-0.25, -0.2) is 18.6 Å². The zero-order valence-electron chi connectivity index (χ0n) is 7.38. The molecule has 0 bridgehead atoms. The van der Waals surface area contributed by atoms with Crippen molar-refractivity contribution in [2.75, 3.05) is 0 Å². The molecule has 0 aromatic carbocycles. The van der Waals surface area contributed by atoms with Crippen molar-refractivity contribution in [3.8, 4) is 0 Å². The van der Waals surface area contributed by atoms with Crippen LogP contribution in [0.4, 0.5) is 13.2 Å². The Balaban J connectivity index is 3.38. The lowest BCUT2D eigenvalue weighted by Gasteiger charge is -2.08. The third kappa shape index (κ3) is 2.24. The summed E-state index contributed by atoms with van der Waals surface area (Å²) in [7, 11) is 0. The van der Waals surface area contributed by atoms with Gasteiger partial charge in [0.05, 0.1) is 0 Å². The van der Waals surface area contributed by atoms with Crippen molar-refractivity contribution in [2.24, 2.45) is 5.73 Å². The Bertz CT molecular complexity index is 396. The Morgan fingerprint density at radius 2 is 2.20 bits per heavy atom. The lowest BCUT2D eigenvalue weighted by Crippen LogP contribution is -2.11. The monoisotopic (exact) mass is 220 g/mol. The van der Waals surface area contributed by atoms with E-state index in [9.17, 15) is 18.0 Å². The molecule has 1 aromatic heterocycles. The summed E-state index contributed by atoms with van der Waals surface area (Å²) >= 11 is 0. The largest absolute Gasteiger partial charge is 0.477 e. The predicted octanol–water partition coefficient (Wildman–Crippen LogP) is 1.32. The van der Waals surface area contributed by atoms with E-state index in [4.69, 9.17) is 10.8 Å². The number of aromatic carboxylic acids is 1. The summed E-state index contributed by atoms with van der Waals surface area (Å²) < 4.78 is 37.8. The summed E-state index contributed by atoms with van der Waals surface area (Å²) in [6, 6.07) is 0.623. The third-order valence-electron chi connectivity index (χ3n) is 1.77. The van der Waals surface area contributed by atoms with Crippen molar-refractivity contribution in [3.63, 3.8) is 0 Å². The number of rotatable bonds is 3. The van der Waals surface area contributed by atoms with Crippen LogP contribution in [0.3, 0.4) is 0 Å². The summed E-state index contributed by atoms with van der Waals surface area (Å²) in [4.78, 5) is 13.4. The number of carboxylic acid groups (broad SMARTS) is 1. The molecule has 0 atom stereocenters. The van der Waals surface area contributed by atoms with Gasteiger partial charge in [-0.05, 0) is 6.07 Å². The molecule has 1 rings (SSSR count). The van der Waals surface area contributed by atoms with E-state index in [0.29, 0.717) is 6.07 Å². The summed E-state index contributed by atoms with van der Waals surface area (Å²) in [5, 5.41) is 8.47. The molecular weight excluding hydrogens is 213 g/mol. The van der Waals surface area contributed by atoms with Gasteiger partial charge in [-0.2, -0.15) is 4.39 Å². The zero-order chi connectivity index (χ0) is 11.6. The minimum atomic E-state index is -2.99. The van der Waals surface area contributed by atoms with E-state index >= 15 is 0 Å². The standard InChI is InChI=1S/C8H7F3N2O2/c9-6(10)3-1-5(8(14)15)13-7(11)4(3)2-12/h1,6H,2,12H2,(H,14,15). The average Bonchev–Trinajstić information content (AvgIpc) is 2.16. The van der Waals surface area contributed by atoms with Crippen molar-refractivity contribution < 1.29 is 23.1 Å². The molecule has 0 aliphatic rings. The topological polar surface area (TPSA) is 76.2 Å². The summed E-state index contributed by atoms with van der Waals surface area (Å²) in [6.45, 7) is -0.460. The van der Waals surface area contributed by atoms with Crippen LogP contribution >= 0.6 is 0 Å². The van der Waals surface area contributed by atoms with Gasteiger partial charge in [0.15, 0.2) is 5.69 Å². The molecule has 1 aromatic rings. The maximum absolute atomic E-state index is 13.0. The first-order valence-corrected chi connectivity index (χ1v) is 3.88. The van der Waals surface area contributed by atoms with E-state index in [-0.39, 0.29) is 0 Å². The quantitative estimate of drug-likeness (QED) is 0.753. The summed E-state index contributed by atoms with van der Waals surface area (Å²) in [5.74, 6) is -2.84. The Kier molecular flexibility index (Phi) is 3.25. The maximum Gasteiger partial charge on any atom is 0.354 e. The number of hydrogen-bond donors (Lipinski definition) is 2. The zero-order valence-corrected chi connectivity index (χ0v) is 7.38. The molecular formula is C8H7F3N2O2. The second-order valence-electron chi connectivity index (χ2n) is 2.68. The third-order valence-corrected chi connectivity index (χ3v) is 1.77. The molecule has 0 radical (unpaired) electrons. The predicted molar refractivity (Wildman–Crippen MR) is 44.0 cm³/mol. The van der Waals surface area contributed by atoms with Crippen LogP contribution in [0, 0.1) is 5.95 Å². The molecule has 0 unspecified atom stereocenters. The smallest absolute Gasteiger partial charge is 0.354 e. The normalized spacial score (nSPS) is 10.7. The van der Waals surface area contributed by atoms with E-state index in [1.165, 1.54) is 0 Å². The van der Waals surface area contributed by atoms with Crippen molar-refractivity contribution in [1.29, 1.82) is 0 Å². The molecule has 4 nitrogen and oxygen atoms in total. The lowest BCUT2D eigenvalue weighted by molar-refractivity contribution is 0.0688. The molecule has 0 spiro atoms. The first kappa shape index (κ1) is 11.4. The molecule has 0 fully saturated rings. The van der Waals surface area contributed by atoms with Crippen LogP contribution in [0.25, 0.3) is 0 Å². The van der Waals surface area contributed by atoms with Gasteiger partial charge < -0.3 is 10.8 Å². The number of carbonyl (C=O) groups is 1. The fraction of sp³-hybridized carbons (Fsp3) is 0.250. The lowest BCUT2D eigenvalue weighted by atomic mass is 10.1. The van der Waals surface area contributed by atoms with Gasteiger partial charge in [0, 0.05) is 17.7 Å². The molecule has 0 saturated heterocycles. The number of pyridine rings is 1. The number of hydrogen-bond acceptors (Lipinski definition) is 3. The highest BCUT2D eigenvalue weighted by Crippen LogP contribution is 2.24. The minimum Gasteiger partial charge on any atom is -0.477 e. The second kappa shape index (κ2) is 4.26. The highest BCUT2D eigenvalue weighted by molar-refractivity contribution is 5.85. The Morgan fingerprint density at radius 3 is 2.60 bits per heavy atom. The van der Waals surface area contributed by atoms with Crippen LogP contribution in [-0.2, 0) is 6.54 Å². The highest BCUT2D eigenvalue weighted by atomic mass is 19.3. The van der Waals surface area contributed by atoms with Gasteiger partial charge in [0.2, 0.25) is 5.95 Å². The van der Waals surface area contributed by atoms with Gasteiger partial charge in [-0.3, -0.25) is 0 Å². The van der Waals surface area contributed by atoms with E-state index in [1.54, 1.807) is 0 Å². The minimum absolute atomic E-state index is 0.460. The first-order chi connectivity index (χ1) is 6.97. The van der Waals surface area contributed by atoms with Gasteiger partial charge in [0.1, 0.15) is 0 Å². The van der Waals surface area contributed by atoms with Crippen molar-refractivity contribution in [1.82, 2.24) is 4.98 Å². The summed E-state index contributed by atoms with van der Waals surface area (Å²) in [6.07, 6.45) is -2.99. The van der Waals surface area contributed by atoms with Gasteiger partial charge in [-0.15, -0.1) is 0 Å². The Hall–Kier alpha value is -1.63. The fourth-order valence-corrected chi connectivity index (χ4v) is 1.07. The van der Waals surface area contributed by atoms with Crippen LogP contribution in [-0.4, -0.2) is 16.1 Å². The van der Waals surface area contributed by atoms with Crippen LogP contribution in [0.5, 0.6) is 0 Å². The number of halogens is 3. The molecule has 0 saturated carbocycles. The maximum atomic E-state index is 13.0. The number of nitrogens with zero attached hydrogens (tertiary/aromatic N) is 1. The molecule has 3 N–H and O–H groups in total. The van der Waals surface area contributed by atoms with Crippen LogP contribution in [0.1, 0.15) is 28.0 Å². The van der Waals surface area contributed by atoms with Gasteiger partial charge in [-0.1, -0.05) is 0 Å². The van der Waals surface area contributed by atoms with E-state index < -0.39 is 41.7 Å². The molecule has 1 heterocycles. The molecule has 82 valence electrons. The molecule has 0 aliphatic carbocycles. The van der Waals surface area contributed by atoms with Crippen LogP contribution in [0.2, 0.25) is 0 Å². The Labute approximate surface area is 82.5 Å². The van der Waals surface area contributed by atoms with E-state index in [2.05, 4.69) is 4.98 Å². The van der Waals surface area contributed by atoms with Gasteiger partial charge in [0.25, 0.3) is 6.43 Å². The molecule has 0 aliphatic heterocycles. The van der Waals surface area contributed by atoms with E-state index in [0.717, 1.165) is 0 Å². The number of alkyl halides is 2. The number of aromatic nitrogens is 1. The van der Waals surface area contributed by atoms with Crippen molar-refractivity contribution in [2.45, 2.75) is 13.0 Å². The molecule has 0 amide bonds. The number of nitrogens with two attached hydrogens (primary N) is 1. The van der Waals surface area contributed by atoms with E-state index in [1.807, 2.05) is 0 Å². The average molecular weight is 220 g/mol. The molecule has 15 heavy (non-hydrogen) atoms. The fourth-order valence-electron chi connectivity index (χ4n) is 1.07. The highest BCUT2D eigenvalue weighted by Gasteiger charge is 2.20. The first-order valence-electron chi connectivity index (χ1n) is 3.88. The molecule has 7 heteroatoms. The second-order valence-corrected chi connectivity index (χ2v) is 2.68. The van der Waals surface area contributed by atoms with Crippen molar-refractivity contribution >= 4 is 5.97 Å². The van der Waals surface area contributed by atoms with Crippen LogP contribution in [0.15, 0.2) is 6.07 Å².